The molecule has 1 aliphatic heterocycles. The number of hydrogen-bond acceptors (Lipinski definition) is 2. The lowest BCUT2D eigenvalue weighted by atomic mass is 9.90. The van der Waals surface area contributed by atoms with E-state index < -0.39 is 0 Å². The van der Waals surface area contributed by atoms with Gasteiger partial charge >= 0.3 is 0 Å². The normalized spacial score (nSPS) is 27.5. The molecular weight excluding hydrogens is 162 g/mol. The minimum atomic E-state index is 0.557. The Balaban J connectivity index is 1.69. The van der Waals surface area contributed by atoms with Crippen molar-refractivity contribution in [2.45, 2.75) is 51.2 Å². The summed E-state index contributed by atoms with van der Waals surface area (Å²) in [6.45, 7) is 5.52. The number of nitrogens with zero attached hydrogens (tertiary/aromatic N) is 1. The van der Waals surface area contributed by atoms with Crippen LogP contribution in [-0.4, -0.2) is 36.7 Å². The van der Waals surface area contributed by atoms with Crippen LogP contribution >= 0.6 is 0 Å². The topological polar surface area (TPSA) is 12.5 Å². The van der Waals surface area contributed by atoms with Crippen LogP contribution in [0.3, 0.4) is 0 Å². The molecule has 0 aromatic heterocycles. The van der Waals surface area contributed by atoms with Gasteiger partial charge in [0.05, 0.1) is 6.10 Å². The van der Waals surface area contributed by atoms with Gasteiger partial charge in [-0.15, -0.1) is 0 Å². The average molecular weight is 183 g/mol. The fourth-order valence-electron chi connectivity index (χ4n) is 2.40. The summed E-state index contributed by atoms with van der Waals surface area (Å²) in [6, 6.07) is 0.933. The van der Waals surface area contributed by atoms with Crippen molar-refractivity contribution in [2.75, 3.05) is 19.7 Å². The number of ether oxygens (including phenoxy) is 1. The second kappa shape index (κ2) is 4.43. The molecular formula is C11H21NO. The molecule has 0 radical (unpaired) electrons. The first kappa shape index (κ1) is 9.47. The van der Waals surface area contributed by atoms with E-state index in [0.717, 1.165) is 12.6 Å². The van der Waals surface area contributed by atoms with Crippen molar-refractivity contribution in [2.24, 2.45) is 0 Å². The van der Waals surface area contributed by atoms with Crippen molar-refractivity contribution in [1.82, 2.24) is 4.90 Å². The summed E-state index contributed by atoms with van der Waals surface area (Å²) >= 11 is 0. The third kappa shape index (κ3) is 2.23. The maximum atomic E-state index is 5.64. The Kier molecular flexibility index (Phi) is 3.23. The molecule has 1 saturated heterocycles. The third-order valence-electron chi connectivity index (χ3n) is 3.47. The van der Waals surface area contributed by atoms with Gasteiger partial charge in [0, 0.05) is 25.7 Å². The minimum absolute atomic E-state index is 0.557. The number of piperidine rings is 1. The summed E-state index contributed by atoms with van der Waals surface area (Å²) in [5.41, 5.74) is 0. The van der Waals surface area contributed by atoms with Gasteiger partial charge in [0.15, 0.2) is 0 Å². The average Bonchev–Trinajstić information content (AvgIpc) is 2.06. The van der Waals surface area contributed by atoms with E-state index in [1.165, 1.54) is 45.2 Å². The van der Waals surface area contributed by atoms with Crippen LogP contribution in [-0.2, 0) is 4.74 Å². The summed E-state index contributed by atoms with van der Waals surface area (Å²) < 4.78 is 5.64. The largest absolute Gasteiger partial charge is 0.378 e. The Morgan fingerprint density at radius 2 is 1.85 bits per heavy atom. The first-order valence-electron chi connectivity index (χ1n) is 5.76. The van der Waals surface area contributed by atoms with Crippen molar-refractivity contribution in [3.8, 4) is 0 Å². The van der Waals surface area contributed by atoms with E-state index >= 15 is 0 Å². The highest BCUT2D eigenvalue weighted by atomic mass is 16.5. The van der Waals surface area contributed by atoms with Gasteiger partial charge in [0.2, 0.25) is 0 Å². The SMILES string of the molecule is CCOC1CCN(C2CCC2)CC1. The van der Waals surface area contributed by atoms with Crippen LogP contribution in [0.25, 0.3) is 0 Å². The molecule has 0 spiro atoms. The van der Waals surface area contributed by atoms with E-state index in [1.807, 2.05) is 0 Å². The summed E-state index contributed by atoms with van der Waals surface area (Å²) in [7, 11) is 0. The molecule has 0 bridgehead atoms. The zero-order valence-electron chi connectivity index (χ0n) is 8.67. The Labute approximate surface area is 81.3 Å². The molecule has 1 heterocycles. The van der Waals surface area contributed by atoms with Crippen molar-refractivity contribution in [3.63, 3.8) is 0 Å². The molecule has 0 atom stereocenters. The van der Waals surface area contributed by atoms with Gasteiger partial charge in [0.1, 0.15) is 0 Å². The second-order valence-corrected chi connectivity index (χ2v) is 4.28. The molecule has 0 unspecified atom stereocenters. The fourth-order valence-corrected chi connectivity index (χ4v) is 2.40. The van der Waals surface area contributed by atoms with Crippen LogP contribution in [0.15, 0.2) is 0 Å². The van der Waals surface area contributed by atoms with Gasteiger partial charge in [-0.3, -0.25) is 0 Å². The first-order chi connectivity index (χ1) is 6.40. The maximum absolute atomic E-state index is 5.64. The van der Waals surface area contributed by atoms with Crippen LogP contribution in [0.4, 0.5) is 0 Å². The highest BCUT2D eigenvalue weighted by Crippen LogP contribution is 2.27. The van der Waals surface area contributed by atoms with Gasteiger partial charge in [0.25, 0.3) is 0 Å². The molecule has 1 saturated carbocycles. The minimum Gasteiger partial charge on any atom is -0.378 e. The highest BCUT2D eigenvalue weighted by molar-refractivity contribution is 4.83. The Morgan fingerprint density at radius 1 is 1.15 bits per heavy atom. The molecule has 1 aliphatic carbocycles. The molecule has 2 aliphatic rings. The number of rotatable bonds is 3. The van der Waals surface area contributed by atoms with Gasteiger partial charge in [-0.2, -0.15) is 0 Å². The van der Waals surface area contributed by atoms with Crippen molar-refractivity contribution >= 4 is 0 Å². The quantitative estimate of drug-likeness (QED) is 0.664. The summed E-state index contributed by atoms with van der Waals surface area (Å²) in [5, 5.41) is 0. The van der Waals surface area contributed by atoms with E-state index in [4.69, 9.17) is 4.74 Å². The van der Waals surface area contributed by atoms with E-state index in [0.29, 0.717) is 6.10 Å². The molecule has 2 fully saturated rings. The fraction of sp³-hybridized carbons (Fsp3) is 1.00. The Hall–Kier alpha value is -0.0800. The predicted octanol–water partition coefficient (Wildman–Crippen LogP) is 2.04. The standard InChI is InChI=1S/C11H21NO/c1-2-13-11-6-8-12(9-7-11)10-4-3-5-10/h10-11H,2-9H2,1H3. The Bertz CT molecular complexity index is 148. The van der Waals surface area contributed by atoms with E-state index in [1.54, 1.807) is 0 Å². The van der Waals surface area contributed by atoms with Gasteiger partial charge in [-0.1, -0.05) is 6.42 Å². The zero-order valence-corrected chi connectivity index (χ0v) is 8.67. The predicted molar refractivity (Wildman–Crippen MR) is 53.9 cm³/mol. The maximum Gasteiger partial charge on any atom is 0.0599 e. The van der Waals surface area contributed by atoms with Crippen molar-refractivity contribution in [1.29, 1.82) is 0 Å². The van der Waals surface area contributed by atoms with E-state index in [9.17, 15) is 0 Å². The van der Waals surface area contributed by atoms with Crippen LogP contribution in [0.1, 0.15) is 39.0 Å². The molecule has 2 heteroatoms. The molecule has 2 nitrogen and oxygen atoms in total. The molecule has 13 heavy (non-hydrogen) atoms. The summed E-state index contributed by atoms with van der Waals surface area (Å²) in [6.07, 6.45) is 7.41. The lowest BCUT2D eigenvalue weighted by Gasteiger charge is -2.41. The van der Waals surface area contributed by atoms with E-state index in [2.05, 4.69) is 11.8 Å². The van der Waals surface area contributed by atoms with E-state index in [-0.39, 0.29) is 0 Å². The number of hydrogen-bond donors (Lipinski definition) is 0. The van der Waals surface area contributed by atoms with Gasteiger partial charge in [-0.05, 0) is 32.6 Å². The molecule has 0 aromatic carbocycles. The van der Waals surface area contributed by atoms with Crippen LogP contribution in [0, 0.1) is 0 Å². The summed E-state index contributed by atoms with van der Waals surface area (Å²) in [4.78, 5) is 2.67. The van der Waals surface area contributed by atoms with Crippen LogP contribution < -0.4 is 0 Å². The van der Waals surface area contributed by atoms with Crippen molar-refractivity contribution < 1.29 is 4.74 Å². The monoisotopic (exact) mass is 183 g/mol. The Morgan fingerprint density at radius 3 is 2.31 bits per heavy atom. The molecule has 0 N–H and O–H groups in total. The van der Waals surface area contributed by atoms with Crippen LogP contribution in [0.2, 0.25) is 0 Å². The smallest absolute Gasteiger partial charge is 0.0599 e. The molecule has 2 rings (SSSR count). The molecule has 0 aromatic rings. The van der Waals surface area contributed by atoms with Gasteiger partial charge in [-0.25, -0.2) is 0 Å². The lowest BCUT2D eigenvalue weighted by Crippen LogP contribution is -2.46. The summed E-state index contributed by atoms with van der Waals surface area (Å²) in [5.74, 6) is 0. The third-order valence-corrected chi connectivity index (χ3v) is 3.47. The number of likely N-dealkylation sites (tertiary alicyclic amines) is 1. The van der Waals surface area contributed by atoms with Crippen molar-refractivity contribution in [3.05, 3.63) is 0 Å². The lowest BCUT2D eigenvalue weighted by molar-refractivity contribution is -0.00629. The molecule has 76 valence electrons. The highest BCUT2D eigenvalue weighted by Gasteiger charge is 2.28. The van der Waals surface area contributed by atoms with Gasteiger partial charge < -0.3 is 9.64 Å². The first-order valence-corrected chi connectivity index (χ1v) is 5.76. The van der Waals surface area contributed by atoms with Crippen LogP contribution in [0.5, 0.6) is 0 Å². The molecule has 0 amide bonds. The zero-order chi connectivity index (χ0) is 9.10. The second-order valence-electron chi connectivity index (χ2n) is 4.28.